The molecule has 0 aliphatic carbocycles. The molecule has 0 spiro atoms. The second-order valence-corrected chi connectivity index (χ2v) is 8.38. The van der Waals surface area contributed by atoms with Gasteiger partial charge in [0, 0.05) is 43.9 Å². The monoisotopic (exact) mass is 481 g/mol. The van der Waals surface area contributed by atoms with E-state index < -0.39 is 22.7 Å². The first-order chi connectivity index (χ1) is 16.9. The molecule has 0 saturated carbocycles. The molecule has 2 aromatic rings. The summed E-state index contributed by atoms with van der Waals surface area (Å²) in [6.07, 6.45) is 0.595. The van der Waals surface area contributed by atoms with Crippen LogP contribution < -0.4 is 4.74 Å². The van der Waals surface area contributed by atoms with E-state index in [1.807, 2.05) is 0 Å². The van der Waals surface area contributed by atoms with Crippen LogP contribution in [0.25, 0.3) is 5.76 Å². The van der Waals surface area contributed by atoms with Crippen LogP contribution in [0, 0.1) is 10.1 Å². The summed E-state index contributed by atoms with van der Waals surface area (Å²) in [6, 6.07) is 11.4. The zero-order valence-electron chi connectivity index (χ0n) is 19.4. The summed E-state index contributed by atoms with van der Waals surface area (Å²) in [5.41, 5.74) is 0.429. The second-order valence-electron chi connectivity index (χ2n) is 8.38. The van der Waals surface area contributed by atoms with Crippen LogP contribution in [0.5, 0.6) is 5.75 Å². The summed E-state index contributed by atoms with van der Waals surface area (Å²) in [6.45, 7) is 3.86. The number of carbonyl (C=O) groups excluding carboxylic acids is 2. The molecule has 1 amide bonds. The Labute approximate surface area is 202 Å². The number of morpholine rings is 1. The molecule has 0 unspecified atom stereocenters. The number of benzene rings is 2. The lowest BCUT2D eigenvalue weighted by molar-refractivity contribution is -0.384. The fourth-order valence-corrected chi connectivity index (χ4v) is 4.48. The lowest BCUT2D eigenvalue weighted by atomic mass is 9.95. The average Bonchev–Trinajstić information content (AvgIpc) is 3.14. The molecule has 35 heavy (non-hydrogen) atoms. The van der Waals surface area contributed by atoms with E-state index in [9.17, 15) is 24.8 Å². The van der Waals surface area contributed by atoms with E-state index >= 15 is 0 Å². The number of amides is 1. The Hall–Kier alpha value is -3.76. The van der Waals surface area contributed by atoms with Gasteiger partial charge in [0.25, 0.3) is 17.4 Å². The smallest absolute Gasteiger partial charge is 0.295 e. The molecule has 1 atom stereocenters. The molecular weight excluding hydrogens is 454 g/mol. The van der Waals surface area contributed by atoms with Crippen LogP contribution in [-0.2, 0) is 14.3 Å². The van der Waals surface area contributed by atoms with Gasteiger partial charge in [-0.2, -0.15) is 0 Å². The molecule has 2 saturated heterocycles. The fraction of sp³-hybridized carbons (Fsp3) is 0.360. The minimum Gasteiger partial charge on any atom is -0.507 e. The predicted molar refractivity (Wildman–Crippen MR) is 127 cm³/mol. The van der Waals surface area contributed by atoms with Crippen LogP contribution in [-0.4, -0.2) is 78.0 Å². The van der Waals surface area contributed by atoms with Crippen LogP contribution in [0.4, 0.5) is 5.69 Å². The van der Waals surface area contributed by atoms with Crippen molar-refractivity contribution in [2.24, 2.45) is 0 Å². The van der Waals surface area contributed by atoms with E-state index in [0.29, 0.717) is 43.1 Å². The minimum atomic E-state index is -0.953. The second kappa shape index (κ2) is 10.7. The van der Waals surface area contributed by atoms with Crippen LogP contribution in [0.15, 0.2) is 54.1 Å². The molecule has 2 heterocycles. The Bertz CT molecular complexity index is 1160. The first-order valence-corrected chi connectivity index (χ1v) is 11.4. The molecule has 10 nitrogen and oxygen atoms in total. The van der Waals surface area contributed by atoms with Crippen molar-refractivity contribution in [2.75, 3.05) is 46.5 Å². The zero-order valence-corrected chi connectivity index (χ0v) is 19.4. The van der Waals surface area contributed by atoms with Crippen molar-refractivity contribution >= 4 is 23.1 Å². The Morgan fingerprint density at radius 1 is 1.14 bits per heavy atom. The lowest BCUT2D eigenvalue weighted by Crippen LogP contribution is -2.39. The predicted octanol–water partition coefficient (Wildman–Crippen LogP) is 2.75. The molecule has 2 aromatic carbocycles. The number of nitro groups is 1. The lowest BCUT2D eigenvalue weighted by Gasteiger charge is -2.29. The number of methoxy groups -OCH3 is 1. The van der Waals surface area contributed by atoms with Gasteiger partial charge >= 0.3 is 0 Å². The van der Waals surface area contributed by atoms with Gasteiger partial charge in [-0.15, -0.1) is 0 Å². The average molecular weight is 482 g/mol. The maximum atomic E-state index is 13.2. The van der Waals surface area contributed by atoms with Crippen molar-refractivity contribution < 1.29 is 29.1 Å². The van der Waals surface area contributed by atoms with Gasteiger partial charge in [-0.1, -0.05) is 24.3 Å². The number of aliphatic hydroxyl groups is 1. The Balaban J connectivity index is 1.72. The minimum absolute atomic E-state index is 0.102. The van der Waals surface area contributed by atoms with Crippen molar-refractivity contribution in [3.63, 3.8) is 0 Å². The van der Waals surface area contributed by atoms with Crippen molar-refractivity contribution in [2.45, 2.75) is 12.5 Å². The molecular formula is C25H27N3O7. The van der Waals surface area contributed by atoms with Gasteiger partial charge in [0.1, 0.15) is 11.5 Å². The maximum Gasteiger partial charge on any atom is 0.295 e. The van der Waals surface area contributed by atoms with Gasteiger partial charge in [0.05, 0.1) is 36.9 Å². The number of carbonyl (C=O) groups is 2. The number of non-ortho nitro benzene ring substituents is 1. The first-order valence-electron chi connectivity index (χ1n) is 11.4. The SMILES string of the molecule is COc1cccc(/C(O)=C2\C(=O)C(=O)N(CCCN3CCOCC3)[C@H]2c2cccc([N+](=O)[O-])c2)c1. The van der Waals surface area contributed by atoms with Gasteiger partial charge in [-0.3, -0.25) is 24.6 Å². The van der Waals surface area contributed by atoms with E-state index in [0.717, 1.165) is 13.1 Å². The van der Waals surface area contributed by atoms with Gasteiger partial charge < -0.3 is 19.5 Å². The summed E-state index contributed by atoms with van der Waals surface area (Å²) < 4.78 is 10.6. The molecule has 10 heteroatoms. The number of ether oxygens (including phenoxy) is 2. The molecule has 184 valence electrons. The highest BCUT2D eigenvalue weighted by atomic mass is 16.6. The molecule has 1 N–H and O–H groups in total. The van der Waals surface area contributed by atoms with Gasteiger partial charge in [-0.25, -0.2) is 0 Å². The van der Waals surface area contributed by atoms with Crippen LogP contribution in [0.3, 0.4) is 0 Å². The standard InChI is InChI=1S/C25H27N3O7/c1-34-20-8-3-6-18(16-20)23(29)21-22(17-5-2-7-19(15-17)28(32)33)27(25(31)24(21)30)10-4-9-26-11-13-35-14-12-26/h2-3,5-8,15-16,22,29H,4,9-14H2,1H3/b23-21+/t22-/m0/s1. The van der Waals surface area contributed by atoms with Crippen molar-refractivity contribution in [3.8, 4) is 5.75 Å². The fourth-order valence-electron chi connectivity index (χ4n) is 4.48. The molecule has 0 bridgehead atoms. The highest BCUT2D eigenvalue weighted by molar-refractivity contribution is 6.46. The van der Waals surface area contributed by atoms with Crippen LogP contribution >= 0.6 is 0 Å². The van der Waals surface area contributed by atoms with E-state index in [2.05, 4.69) is 4.90 Å². The molecule has 0 aromatic heterocycles. The van der Waals surface area contributed by atoms with E-state index in [4.69, 9.17) is 9.47 Å². The Morgan fingerprint density at radius 3 is 2.60 bits per heavy atom. The Morgan fingerprint density at radius 2 is 1.89 bits per heavy atom. The summed E-state index contributed by atoms with van der Waals surface area (Å²) in [7, 11) is 1.48. The first kappa shape index (κ1) is 24.4. The van der Waals surface area contributed by atoms with Crippen LogP contribution in [0.2, 0.25) is 0 Å². The van der Waals surface area contributed by atoms with E-state index in [1.165, 1.54) is 30.2 Å². The van der Waals surface area contributed by atoms with Gasteiger partial charge in [0.2, 0.25) is 0 Å². The number of aliphatic hydroxyl groups excluding tert-OH is 1. The highest BCUT2D eigenvalue weighted by Crippen LogP contribution is 2.40. The summed E-state index contributed by atoms with van der Waals surface area (Å²) in [4.78, 5) is 40.7. The number of ketones is 1. The van der Waals surface area contributed by atoms with E-state index in [1.54, 1.807) is 30.3 Å². The number of hydrogen-bond donors (Lipinski definition) is 1. The molecule has 2 aliphatic rings. The number of nitrogens with zero attached hydrogens (tertiary/aromatic N) is 3. The topological polar surface area (TPSA) is 122 Å². The van der Waals surface area contributed by atoms with Crippen LogP contribution in [0.1, 0.15) is 23.6 Å². The van der Waals surface area contributed by atoms with Gasteiger partial charge in [-0.05, 0) is 24.1 Å². The Kier molecular flexibility index (Phi) is 7.42. The summed E-state index contributed by atoms with van der Waals surface area (Å²) in [5.74, 6) is -1.45. The number of Topliss-reactive ketones (excluding diaryl/α,β-unsaturated/α-hetero) is 1. The molecule has 4 rings (SSSR count). The third-order valence-corrected chi connectivity index (χ3v) is 6.26. The largest absolute Gasteiger partial charge is 0.507 e. The quantitative estimate of drug-likeness (QED) is 0.201. The molecule has 2 fully saturated rings. The van der Waals surface area contributed by atoms with Crippen molar-refractivity contribution in [3.05, 3.63) is 75.3 Å². The zero-order chi connectivity index (χ0) is 24.9. The number of nitro benzene ring substituents is 1. The molecule has 2 aliphatic heterocycles. The highest BCUT2D eigenvalue weighted by Gasteiger charge is 2.46. The summed E-state index contributed by atoms with van der Waals surface area (Å²) >= 11 is 0. The summed E-state index contributed by atoms with van der Waals surface area (Å²) in [5, 5.41) is 22.6. The number of rotatable bonds is 8. The maximum absolute atomic E-state index is 13.2. The number of likely N-dealkylation sites (tertiary alicyclic amines) is 1. The number of hydrogen-bond acceptors (Lipinski definition) is 8. The van der Waals surface area contributed by atoms with E-state index in [-0.39, 0.29) is 23.6 Å². The molecule has 0 radical (unpaired) electrons. The van der Waals surface area contributed by atoms with Gasteiger partial charge in [0.15, 0.2) is 0 Å². The van der Waals surface area contributed by atoms with Crippen molar-refractivity contribution in [1.29, 1.82) is 0 Å². The third-order valence-electron chi connectivity index (χ3n) is 6.26. The van der Waals surface area contributed by atoms with Crippen molar-refractivity contribution in [1.82, 2.24) is 9.80 Å². The third kappa shape index (κ3) is 5.18. The normalized spacial score (nSPS) is 20.3.